The van der Waals surface area contributed by atoms with Crippen LogP contribution in [0.2, 0.25) is 0 Å². The van der Waals surface area contributed by atoms with Crippen LogP contribution in [0.3, 0.4) is 0 Å². The Kier molecular flexibility index (Phi) is 3.23. The number of rotatable bonds is 2. The monoisotopic (exact) mass is 244 g/mol. The maximum Gasteiger partial charge on any atom is 0.309 e. The fourth-order valence-electron chi connectivity index (χ4n) is 1.57. The fraction of sp³-hybridized carbons (Fsp3) is 0.154. The first-order chi connectivity index (χ1) is 8.58. The number of ether oxygens (including phenoxy) is 1. The first-order valence-corrected chi connectivity index (χ1v) is 5.41. The van der Waals surface area contributed by atoms with Crippen molar-refractivity contribution >= 4 is 5.97 Å². The number of esters is 1. The molecule has 18 heavy (non-hydrogen) atoms. The molecule has 0 bridgehead atoms. The van der Waals surface area contributed by atoms with Crippen LogP contribution in [-0.4, -0.2) is 15.5 Å². The van der Waals surface area contributed by atoms with Gasteiger partial charge in [-0.2, -0.15) is 0 Å². The lowest BCUT2D eigenvalue weighted by Gasteiger charge is -2.10. The maximum atomic E-state index is 11.9. The summed E-state index contributed by atoms with van der Waals surface area (Å²) in [5.41, 5.74) is 0.663. The molecule has 0 aliphatic carbocycles. The van der Waals surface area contributed by atoms with Gasteiger partial charge in [-0.05, 0) is 30.7 Å². The third-order valence-corrected chi connectivity index (χ3v) is 2.30. The Morgan fingerprint density at radius 3 is 2.78 bits per heavy atom. The van der Waals surface area contributed by atoms with Gasteiger partial charge in [0.05, 0.1) is 0 Å². The summed E-state index contributed by atoms with van der Waals surface area (Å²) in [6.45, 7) is 3.18. The van der Waals surface area contributed by atoms with Crippen molar-refractivity contribution in [3.05, 3.63) is 52.4 Å². The number of carbonyl (C=O) groups excluding carboxylic acids is 1. The molecule has 2 heterocycles. The van der Waals surface area contributed by atoms with Gasteiger partial charge in [0.2, 0.25) is 5.88 Å². The molecule has 92 valence electrons. The van der Waals surface area contributed by atoms with Crippen LogP contribution in [0.5, 0.6) is 5.88 Å². The zero-order valence-corrected chi connectivity index (χ0v) is 10.1. The first-order valence-electron chi connectivity index (χ1n) is 5.41. The third kappa shape index (κ3) is 2.45. The predicted octanol–water partition coefficient (Wildman–Crippen LogP) is 1.47. The van der Waals surface area contributed by atoms with Gasteiger partial charge in [-0.25, -0.2) is 9.55 Å². The highest BCUT2D eigenvalue weighted by Crippen LogP contribution is 2.14. The standard InChI is InChI=1S/C13H12N2O3/c1-9-6-7-14-11(8-9)15-12(17)4-3-5-13(15)18-10(2)16/h3-8H,1-2H3. The smallest absolute Gasteiger partial charge is 0.309 e. The van der Waals surface area contributed by atoms with Crippen molar-refractivity contribution in [1.82, 2.24) is 9.55 Å². The summed E-state index contributed by atoms with van der Waals surface area (Å²) in [5.74, 6) is 0.104. The molecule has 0 fully saturated rings. The molecule has 0 aromatic carbocycles. The molecule has 2 rings (SSSR count). The van der Waals surface area contributed by atoms with Crippen molar-refractivity contribution in [3.8, 4) is 11.7 Å². The van der Waals surface area contributed by atoms with E-state index in [1.54, 1.807) is 18.3 Å². The molecule has 0 aliphatic rings. The van der Waals surface area contributed by atoms with Crippen molar-refractivity contribution < 1.29 is 9.53 Å². The summed E-state index contributed by atoms with van der Waals surface area (Å²) in [6, 6.07) is 8.04. The molecule has 0 aliphatic heterocycles. The molecule has 0 amide bonds. The van der Waals surface area contributed by atoms with Crippen LogP contribution >= 0.6 is 0 Å². The van der Waals surface area contributed by atoms with E-state index in [-0.39, 0.29) is 11.4 Å². The largest absolute Gasteiger partial charge is 0.409 e. The van der Waals surface area contributed by atoms with Crippen molar-refractivity contribution in [3.63, 3.8) is 0 Å². The summed E-state index contributed by atoms with van der Waals surface area (Å²) >= 11 is 0. The summed E-state index contributed by atoms with van der Waals surface area (Å²) < 4.78 is 6.26. The number of hydrogen-bond donors (Lipinski definition) is 0. The summed E-state index contributed by atoms with van der Waals surface area (Å²) in [7, 11) is 0. The van der Waals surface area contributed by atoms with Crippen molar-refractivity contribution in [2.75, 3.05) is 0 Å². The molecule has 2 aromatic heterocycles. The van der Waals surface area contributed by atoms with Crippen molar-refractivity contribution in [2.45, 2.75) is 13.8 Å². The minimum Gasteiger partial charge on any atom is -0.409 e. The molecule has 0 spiro atoms. The zero-order chi connectivity index (χ0) is 13.1. The highest BCUT2D eigenvalue weighted by Gasteiger charge is 2.09. The van der Waals surface area contributed by atoms with Gasteiger partial charge < -0.3 is 4.74 Å². The van der Waals surface area contributed by atoms with E-state index in [1.807, 2.05) is 13.0 Å². The average Bonchev–Trinajstić information content (AvgIpc) is 2.28. The molecule has 0 radical (unpaired) electrons. The van der Waals surface area contributed by atoms with E-state index in [0.717, 1.165) is 5.56 Å². The highest BCUT2D eigenvalue weighted by atomic mass is 16.5. The number of nitrogens with zero attached hydrogens (tertiary/aromatic N) is 2. The summed E-state index contributed by atoms with van der Waals surface area (Å²) in [6.07, 6.45) is 1.60. The second-order valence-corrected chi connectivity index (χ2v) is 3.82. The molecule has 0 N–H and O–H groups in total. The summed E-state index contributed by atoms with van der Waals surface area (Å²) in [5, 5.41) is 0. The van der Waals surface area contributed by atoms with Crippen LogP contribution in [0.1, 0.15) is 12.5 Å². The Hall–Kier alpha value is -2.43. The molecular formula is C13H12N2O3. The van der Waals surface area contributed by atoms with E-state index in [1.165, 1.54) is 23.6 Å². The van der Waals surface area contributed by atoms with E-state index < -0.39 is 5.97 Å². The second-order valence-electron chi connectivity index (χ2n) is 3.82. The Balaban J connectivity index is 2.62. The van der Waals surface area contributed by atoms with Crippen LogP contribution in [0.25, 0.3) is 5.82 Å². The Morgan fingerprint density at radius 1 is 1.33 bits per heavy atom. The molecule has 5 heteroatoms. The lowest BCUT2D eigenvalue weighted by atomic mass is 10.3. The van der Waals surface area contributed by atoms with Gasteiger partial charge in [-0.3, -0.25) is 9.59 Å². The lowest BCUT2D eigenvalue weighted by molar-refractivity contribution is -0.132. The van der Waals surface area contributed by atoms with Gasteiger partial charge in [-0.1, -0.05) is 6.07 Å². The maximum absolute atomic E-state index is 11.9. The Morgan fingerprint density at radius 2 is 2.11 bits per heavy atom. The number of hydrogen-bond acceptors (Lipinski definition) is 4. The van der Waals surface area contributed by atoms with Crippen LogP contribution in [0, 0.1) is 6.92 Å². The Bertz CT molecular complexity index is 647. The molecule has 0 atom stereocenters. The number of carbonyl (C=O) groups is 1. The van der Waals surface area contributed by atoms with E-state index in [9.17, 15) is 9.59 Å². The topological polar surface area (TPSA) is 61.2 Å². The van der Waals surface area contributed by atoms with E-state index in [4.69, 9.17) is 4.74 Å². The SMILES string of the molecule is CC(=O)Oc1cccc(=O)n1-c1cc(C)ccn1. The van der Waals surface area contributed by atoms with Crippen molar-refractivity contribution in [1.29, 1.82) is 0 Å². The van der Waals surface area contributed by atoms with E-state index >= 15 is 0 Å². The minimum absolute atomic E-state index is 0.160. The van der Waals surface area contributed by atoms with Crippen LogP contribution in [0.4, 0.5) is 0 Å². The predicted molar refractivity (Wildman–Crippen MR) is 65.9 cm³/mol. The van der Waals surface area contributed by atoms with Gasteiger partial charge in [-0.15, -0.1) is 0 Å². The Labute approximate surface area is 104 Å². The molecule has 0 saturated carbocycles. The minimum atomic E-state index is -0.484. The average molecular weight is 244 g/mol. The van der Waals surface area contributed by atoms with Gasteiger partial charge >= 0.3 is 5.97 Å². The quantitative estimate of drug-likeness (QED) is 0.750. The normalized spacial score (nSPS) is 10.1. The van der Waals surface area contributed by atoms with Gasteiger partial charge in [0.15, 0.2) is 0 Å². The molecule has 5 nitrogen and oxygen atoms in total. The lowest BCUT2D eigenvalue weighted by Crippen LogP contribution is -2.21. The fourth-order valence-corrected chi connectivity index (χ4v) is 1.57. The van der Waals surface area contributed by atoms with Crippen LogP contribution in [0.15, 0.2) is 41.3 Å². The number of aromatic nitrogens is 2. The van der Waals surface area contributed by atoms with Crippen molar-refractivity contribution in [2.24, 2.45) is 0 Å². The number of pyridine rings is 2. The van der Waals surface area contributed by atoms with Crippen LogP contribution < -0.4 is 10.3 Å². The third-order valence-electron chi connectivity index (χ3n) is 2.30. The van der Waals surface area contributed by atoms with Crippen LogP contribution in [-0.2, 0) is 4.79 Å². The zero-order valence-electron chi connectivity index (χ0n) is 10.1. The molecular weight excluding hydrogens is 232 g/mol. The molecule has 0 saturated heterocycles. The molecule has 2 aromatic rings. The summed E-state index contributed by atoms with van der Waals surface area (Å²) in [4.78, 5) is 27.0. The molecule has 0 unspecified atom stereocenters. The highest BCUT2D eigenvalue weighted by molar-refractivity contribution is 5.68. The van der Waals surface area contributed by atoms with E-state index in [2.05, 4.69) is 4.98 Å². The van der Waals surface area contributed by atoms with Gasteiger partial charge in [0.25, 0.3) is 5.56 Å². The number of aryl methyl sites for hydroxylation is 1. The van der Waals surface area contributed by atoms with Gasteiger partial charge in [0, 0.05) is 19.2 Å². The van der Waals surface area contributed by atoms with Gasteiger partial charge in [0.1, 0.15) is 5.82 Å². The second kappa shape index (κ2) is 4.83. The first kappa shape index (κ1) is 12.0. The van der Waals surface area contributed by atoms with E-state index in [0.29, 0.717) is 5.82 Å².